The van der Waals surface area contributed by atoms with Gasteiger partial charge in [0, 0.05) is 0 Å². The lowest BCUT2D eigenvalue weighted by molar-refractivity contribution is 0.0599. The fraction of sp³-hybridized carbons (Fsp3) is 0.133. The van der Waals surface area contributed by atoms with E-state index in [0.717, 1.165) is 9.13 Å². The molecule has 2 aromatic rings. The van der Waals surface area contributed by atoms with E-state index in [0.29, 0.717) is 17.9 Å². The summed E-state index contributed by atoms with van der Waals surface area (Å²) in [6.07, 6.45) is 0. The van der Waals surface area contributed by atoms with Gasteiger partial charge < -0.3 is 9.47 Å². The quantitative estimate of drug-likeness (QED) is 0.611. The molecule has 0 aliphatic rings. The Hall–Kier alpha value is -1.56. The Bertz CT molecular complexity index is 567. The zero-order valence-corrected chi connectivity index (χ0v) is 12.6. The first kappa shape index (κ1) is 13.9. The number of benzene rings is 2. The van der Waals surface area contributed by atoms with Gasteiger partial charge >= 0.3 is 5.97 Å². The molecule has 0 radical (unpaired) electrons. The molecule has 0 saturated carbocycles. The third-order valence-electron chi connectivity index (χ3n) is 2.61. The molecule has 0 amide bonds. The molecule has 0 unspecified atom stereocenters. The second kappa shape index (κ2) is 6.56. The molecule has 4 heteroatoms. The summed E-state index contributed by atoms with van der Waals surface area (Å²) in [6, 6.07) is 15.2. The van der Waals surface area contributed by atoms with E-state index in [4.69, 9.17) is 9.47 Å². The van der Waals surface area contributed by atoms with Gasteiger partial charge in [0.2, 0.25) is 0 Å². The summed E-state index contributed by atoms with van der Waals surface area (Å²) < 4.78 is 11.2. The third kappa shape index (κ3) is 3.47. The van der Waals surface area contributed by atoms with Crippen LogP contribution >= 0.6 is 22.6 Å². The minimum Gasteiger partial charge on any atom is -0.488 e. The number of rotatable bonds is 4. The minimum atomic E-state index is -0.352. The molecule has 0 saturated heterocycles. The molecule has 3 nitrogen and oxygen atoms in total. The lowest BCUT2D eigenvalue weighted by Gasteiger charge is -2.10. The number of ether oxygens (including phenoxy) is 2. The Morgan fingerprint density at radius 3 is 2.53 bits per heavy atom. The van der Waals surface area contributed by atoms with Crippen LogP contribution in [-0.2, 0) is 11.3 Å². The van der Waals surface area contributed by atoms with Gasteiger partial charge in [-0.25, -0.2) is 4.79 Å². The maximum atomic E-state index is 11.6. The second-order valence-electron chi connectivity index (χ2n) is 3.88. The molecule has 0 aromatic heterocycles. The molecular weight excluding hydrogens is 355 g/mol. The summed E-state index contributed by atoms with van der Waals surface area (Å²) >= 11 is 2.10. The number of carbonyl (C=O) groups is 1. The third-order valence-corrected chi connectivity index (χ3v) is 3.72. The first-order valence-electron chi connectivity index (χ1n) is 5.76. The van der Waals surface area contributed by atoms with Crippen molar-refractivity contribution in [1.29, 1.82) is 0 Å². The summed E-state index contributed by atoms with van der Waals surface area (Å²) in [5.41, 5.74) is 1.61. The largest absolute Gasteiger partial charge is 0.488 e. The van der Waals surface area contributed by atoms with Crippen LogP contribution in [0.5, 0.6) is 5.75 Å². The fourth-order valence-electron chi connectivity index (χ4n) is 1.63. The van der Waals surface area contributed by atoms with Gasteiger partial charge in [0.05, 0.1) is 16.2 Å². The zero-order valence-electron chi connectivity index (χ0n) is 10.4. The van der Waals surface area contributed by atoms with Crippen molar-refractivity contribution >= 4 is 28.6 Å². The average Bonchev–Trinajstić information content (AvgIpc) is 2.46. The van der Waals surface area contributed by atoms with E-state index in [1.807, 2.05) is 36.4 Å². The molecule has 0 atom stereocenters. The van der Waals surface area contributed by atoms with Crippen LogP contribution < -0.4 is 4.74 Å². The molecule has 0 heterocycles. The molecule has 0 bridgehead atoms. The maximum absolute atomic E-state index is 11.6. The van der Waals surface area contributed by atoms with Crippen molar-refractivity contribution in [3.8, 4) is 5.75 Å². The average molecular weight is 368 g/mol. The number of hydrogen-bond acceptors (Lipinski definition) is 3. The highest BCUT2D eigenvalue weighted by Gasteiger charge is 2.13. The highest BCUT2D eigenvalue weighted by atomic mass is 127. The van der Waals surface area contributed by atoms with Crippen LogP contribution in [0.15, 0.2) is 48.5 Å². The van der Waals surface area contributed by atoms with Crippen molar-refractivity contribution in [2.24, 2.45) is 0 Å². The summed E-state index contributed by atoms with van der Waals surface area (Å²) in [5, 5.41) is 0. The molecule has 0 spiro atoms. The molecule has 0 aliphatic heterocycles. The van der Waals surface area contributed by atoms with E-state index in [-0.39, 0.29) is 5.97 Å². The summed E-state index contributed by atoms with van der Waals surface area (Å²) in [6.45, 7) is 0.474. The molecular formula is C15H13IO3. The normalized spacial score (nSPS) is 10.0. The first-order chi connectivity index (χ1) is 9.22. The van der Waals surface area contributed by atoms with Crippen LogP contribution in [0.3, 0.4) is 0 Å². The lowest BCUT2D eigenvalue weighted by Crippen LogP contribution is -2.05. The number of methoxy groups -OCH3 is 1. The predicted octanol–water partition coefficient (Wildman–Crippen LogP) is 3.66. The number of esters is 1. The van der Waals surface area contributed by atoms with Gasteiger partial charge in [-0.05, 0) is 40.3 Å². The van der Waals surface area contributed by atoms with Crippen LogP contribution in [0, 0.1) is 3.57 Å². The standard InChI is InChI=1S/C15H13IO3/c1-18-15(17)12-8-5-9-13(14(12)16)19-10-11-6-3-2-4-7-11/h2-9H,10H2,1H3. The van der Waals surface area contributed by atoms with Gasteiger partial charge in [0.15, 0.2) is 0 Å². The number of halogens is 1. The highest BCUT2D eigenvalue weighted by Crippen LogP contribution is 2.25. The van der Waals surface area contributed by atoms with Crippen LogP contribution in [0.4, 0.5) is 0 Å². The molecule has 0 fully saturated rings. The van der Waals surface area contributed by atoms with E-state index in [2.05, 4.69) is 22.6 Å². The van der Waals surface area contributed by atoms with Gasteiger partial charge in [-0.15, -0.1) is 0 Å². The van der Waals surface area contributed by atoms with Crippen molar-refractivity contribution in [2.45, 2.75) is 6.61 Å². The minimum absolute atomic E-state index is 0.352. The Kier molecular flexibility index (Phi) is 4.79. The van der Waals surface area contributed by atoms with E-state index in [9.17, 15) is 4.79 Å². The van der Waals surface area contributed by atoms with Gasteiger partial charge in [-0.3, -0.25) is 0 Å². The maximum Gasteiger partial charge on any atom is 0.339 e. The van der Waals surface area contributed by atoms with E-state index >= 15 is 0 Å². The van der Waals surface area contributed by atoms with Crippen LogP contribution in [0.25, 0.3) is 0 Å². The summed E-state index contributed by atoms with van der Waals surface area (Å²) in [5.74, 6) is 0.335. The second-order valence-corrected chi connectivity index (χ2v) is 4.96. The fourth-order valence-corrected chi connectivity index (χ4v) is 2.36. The molecule has 2 aromatic carbocycles. The van der Waals surface area contributed by atoms with Crippen LogP contribution in [0.1, 0.15) is 15.9 Å². The van der Waals surface area contributed by atoms with Crippen molar-refractivity contribution in [1.82, 2.24) is 0 Å². The monoisotopic (exact) mass is 368 g/mol. The van der Waals surface area contributed by atoms with Crippen LogP contribution in [-0.4, -0.2) is 13.1 Å². The van der Waals surface area contributed by atoms with E-state index in [1.165, 1.54) is 7.11 Å². The molecule has 98 valence electrons. The molecule has 2 rings (SSSR count). The Morgan fingerprint density at radius 1 is 1.11 bits per heavy atom. The summed E-state index contributed by atoms with van der Waals surface area (Å²) in [7, 11) is 1.37. The number of hydrogen-bond donors (Lipinski definition) is 0. The van der Waals surface area contributed by atoms with Crippen molar-refractivity contribution in [2.75, 3.05) is 7.11 Å². The van der Waals surface area contributed by atoms with E-state index < -0.39 is 0 Å². The van der Waals surface area contributed by atoms with Crippen molar-refractivity contribution < 1.29 is 14.3 Å². The smallest absolute Gasteiger partial charge is 0.339 e. The molecule has 0 aliphatic carbocycles. The highest BCUT2D eigenvalue weighted by molar-refractivity contribution is 14.1. The van der Waals surface area contributed by atoms with Crippen molar-refractivity contribution in [3.63, 3.8) is 0 Å². The predicted molar refractivity (Wildman–Crippen MR) is 81.3 cm³/mol. The SMILES string of the molecule is COC(=O)c1cccc(OCc2ccccc2)c1I. The zero-order chi connectivity index (χ0) is 13.7. The molecule has 0 N–H and O–H groups in total. The molecule has 19 heavy (non-hydrogen) atoms. The van der Waals surface area contributed by atoms with Gasteiger partial charge in [-0.1, -0.05) is 36.4 Å². The first-order valence-corrected chi connectivity index (χ1v) is 6.84. The Morgan fingerprint density at radius 2 is 1.84 bits per heavy atom. The van der Waals surface area contributed by atoms with Gasteiger partial charge in [-0.2, -0.15) is 0 Å². The van der Waals surface area contributed by atoms with Crippen LogP contribution in [0.2, 0.25) is 0 Å². The number of carbonyl (C=O) groups excluding carboxylic acids is 1. The summed E-state index contributed by atoms with van der Waals surface area (Å²) in [4.78, 5) is 11.6. The van der Waals surface area contributed by atoms with Gasteiger partial charge in [0.1, 0.15) is 12.4 Å². The Balaban J connectivity index is 2.15. The Labute approximate surface area is 125 Å². The lowest BCUT2D eigenvalue weighted by atomic mass is 10.2. The topological polar surface area (TPSA) is 35.5 Å². The van der Waals surface area contributed by atoms with Gasteiger partial charge in [0.25, 0.3) is 0 Å². The van der Waals surface area contributed by atoms with E-state index in [1.54, 1.807) is 12.1 Å². The van der Waals surface area contributed by atoms with Crippen molar-refractivity contribution in [3.05, 3.63) is 63.2 Å².